The van der Waals surface area contributed by atoms with Gasteiger partial charge in [-0.2, -0.15) is 10.4 Å². The van der Waals surface area contributed by atoms with Gasteiger partial charge in [0, 0.05) is 5.70 Å². The minimum absolute atomic E-state index is 0.170. The molecule has 3 aromatic rings. The average molecular weight is 676 g/mol. The number of nitrogens with one attached hydrogen (secondary N) is 3. The van der Waals surface area contributed by atoms with Crippen molar-refractivity contribution < 1.29 is 38.1 Å². The molecule has 0 spiro atoms. The maximum atomic E-state index is 12.6. The summed E-state index contributed by atoms with van der Waals surface area (Å²) in [5, 5.41) is 18.6. The fourth-order valence-corrected chi connectivity index (χ4v) is 4.93. The smallest absolute Gasteiger partial charge is 0.338 e. The number of amides is 3. The number of nitriles is 1. The summed E-state index contributed by atoms with van der Waals surface area (Å²) in [4.78, 5) is 37.3. The molecule has 0 aliphatic carbocycles. The summed E-state index contributed by atoms with van der Waals surface area (Å²) < 4.78 is 27.9. The number of allylic oxidation sites excluding steroid dienone is 1. The van der Waals surface area contributed by atoms with E-state index in [0.717, 1.165) is 5.56 Å². The van der Waals surface area contributed by atoms with Crippen LogP contribution in [0, 0.1) is 11.3 Å². The van der Waals surface area contributed by atoms with Gasteiger partial charge in [0.05, 0.1) is 54.8 Å². The Labute approximate surface area is 282 Å². The monoisotopic (exact) mass is 675 g/mol. The first-order chi connectivity index (χ1) is 23.2. The fourth-order valence-electron chi connectivity index (χ4n) is 4.66. The maximum absolute atomic E-state index is 12.6. The van der Waals surface area contributed by atoms with Crippen LogP contribution in [-0.2, 0) is 20.9 Å². The van der Waals surface area contributed by atoms with E-state index < -0.39 is 30.6 Å². The molecule has 250 valence electrons. The van der Waals surface area contributed by atoms with Gasteiger partial charge in [-0.25, -0.2) is 15.0 Å². The van der Waals surface area contributed by atoms with Gasteiger partial charge in [-0.3, -0.25) is 4.79 Å². The van der Waals surface area contributed by atoms with Gasteiger partial charge in [-0.1, -0.05) is 29.8 Å². The summed E-state index contributed by atoms with van der Waals surface area (Å²) in [7, 11) is 1.43. The van der Waals surface area contributed by atoms with Gasteiger partial charge in [-0.05, 0) is 73.9 Å². The second kappa shape index (κ2) is 16.7. The zero-order chi connectivity index (χ0) is 34.6. The second-order valence-corrected chi connectivity index (χ2v) is 10.6. The van der Waals surface area contributed by atoms with Crippen molar-refractivity contribution in [3.8, 4) is 29.1 Å². The Balaban J connectivity index is 1.38. The zero-order valence-corrected chi connectivity index (χ0v) is 27.5. The van der Waals surface area contributed by atoms with Crippen molar-refractivity contribution in [1.82, 2.24) is 16.1 Å². The molecule has 1 atom stereocenters. The Kier molecular flexibility index (Phi) is 12.2. The van der Waals surface area contributed by atoms with E-state index in [1.165, 1.54) is 13.3 Å². The molecule has 0 saturated heterocycles. The van der Waals surface area contributed by atoms with E-state index in [0.29, 0.717) is 40.5 Å². The molecule has 3 N–H and O–H groups in total. The molecule has 0 unspecified atom stereocenters. The molecule has 0 aromatic heterocycles. The second-order valence-electron chi connectivity index (χ2n) is 10.1. The number of urea groups is 1. The standard InChI is InChI=1S/C34H34ClN5O8/c1-5-45-28-14-23(13-25(35)32(28)48-18-22-9-7-21(16-36)8-10-22)17-37-40-29(41)19-47-26-12-11-24(15-27(26)44-4)31-30(33(42)46-6-2)20(3)38-34(43)39-31/h7-15,17,31H,5-6,18-19H2,1-4H3,(H,40,41)(H2,38,39,43)/b37-17+/t31-/m0/s1. The molecule has 3 aromatic carbocycles. The number of carbonyl (C=O) groups is 3. The summed E-state index contributed by atoms with van der Waals surface area (Å²) in [5.41, 5.74) is 5.51. The minimum Gasteiger partial charge on any atom is -0.493 e. The van der Waals surface area contributed by atoms with Crippen LogP contribution >= 0.6 is 11.6 Å². The number of nitrogens with zero attached hydrogens (tertiary/aromatic N) is 2. The lowest BCUT2D eigenvalue weighted by Crippen LogP contribution is -2.45. The number of halogens is 1. The van der Waals surface area contributed by atoms with Gasteiger partial charge in [0.1, 0.15) is 6.61 Å². The molecule has 3 amide bonds. The van der Waals surface area contributed by atoms with Crippen LogP contribution in [0.4, 0.5) is 4.79 Å². The van der Waals surface area contributed by atoms with Crippen molar-refractivity contribution in [1.29, 1.82) is 5.26 Å². The maximum Gasteiger partial charge on any atom is 0.338 e. The molecule has 0 saturated carbocycles. The van der Waals surface area contributed by atoms with Crippen LogP contribution in [0.15, 0.2) is 71.0 Å². The molecule has 0 radical (unpaired) electrons. The lowest BCUT2D eigenvalue weighted by atomic mass is 9.95. The summed E-state index contributed by atoms with van der Waals surface area (Å²) in [5.74, 6) is 0.160. The highest BCUT2D eigenvalue weighted by atomic mass is 35.5. The van der Waals surface area contributed by atoms with Crippen LogP contribution in [-0.4, -0.2) is 51.1 Å². The number of hydrogen-bond acceptors (Lipinski definition) is 10. The molecule has 4 rings (SSSR count). The highest BCUT2D eigenvalue weighted by Crippen LogP contribution is 2.37. The number of benzene rings is 3. The Morgan fingerprint density at radius 3 is 2.48 bits per heavy atom. The first kappa shape index (κ1) is 35.1. The Hall–Kier alpha value is -5.74. The van der Waals surface area contributed by atoms with Gasteiger partial charge in [0.2, 0.25) is 0 Å². The molecule has 1 aliphatic heterocycles. The number of esters is 1. The van der Waals surface area contributed by atoms with Crippen molar-refractivity contribution in [3.05, 3.63) is 93.1 Å². The van der Waals surface area contributed by atoms with E-state index in [2.05, 4.69) is 27.2 Å². The molecule has 1 aliphatic rings. The van der Waals surface area contributed by atoms with Crippen LogP contribution in [0.1, 0.15) is 49.1 Å². The third-order valence-electron chi connectivity index (χ3n) is 6.85. The van der Waals surface area contributed by atoms with Gasteiger partial charge in [0.15, 0.2) is 29.6 Å². The fraction of sp³-hybridized carbons (Fsp3) is 0.265. The topological polar surface area (TPSA) is 170 Å². The average Bonchev–Trinajstić information content (AvgIpc) is 3.07. The van der Waals surface area contributed by atoms with E-state index in [1.807, 2.05) is 6.92 Å². The number of methoxy groups -OCH3 is 1. The first-order valence-corrected chi connectivity index (χ1v) is 15.2. The van der Waals surface area contributed by atoms with Crippen molar-refractivity contribution in [2.24, 2.45) is 5.10 Å². The molecule has 0 fully saturated rings. The van der Waals surface area contributed by atoms with Crippen LogP contribution in [0.5, 0.6) is 23.0 Å². The molecular formula is C34H34ClN5O8. The third-order valence-corrected chi connectivity index (χ3v) is 7.13. The number of rotatable bonds is 14. The normalized spacial score (nSPS) is 14.0. The number of ether oxygens (including phenoxy) is 5. The van der Waals surface area contributed by atoms with Gasteiger partial charge in [-0.15, -0.1) is 0 Å². The van der Waals surface area contributed by atoms with Crippen LogP contribution in [0.3, 0.4) is 0 Å². The molecule has 48 heavy (non-hydrogen) atoms. The van der Waals surface area contributed by atoms with E-state index in [-0.39, 0.29) is 35.3 Å². The predicted molar refractivity (Wildman–Crippen MR) is 176 cm³/mol. The lowest BCUT2D eigenvalue weighted by molar-refractivity contribution is -0.139. The SMILES string of the molecule is CCOC(=O)C1=C(C)NC(=O)N[C@H]1c1ccc(OCC(=O)N/N=C/c2cc(Cl)c(OCc3ccc(C#N)cc3)c(OCC)c2)c(OC)c1. The minimum atomic E-state index is -0.793. The quantitative estimate of drug-likeness (QED) is 0.122. The molecule has 14 heteroatoms. The van der Waals surface area contributed by atoms with E-state index in [1.54, 1.807) is 68.4 Å². The Morgan fingerprint density at radius 2 is 1.79 bits per heavy atom. The molecule has 1 heterocycles. The first-order valence-electron chi connectivity index (χ1n) is 14.8. The summed E-state index contributed by atoms with van der Waals surface area (Å²) in [6.45, 7) is 5.48. The molecule has 13 nitrogen and oxygen atoms in total. The van der Waals surface area contributed by atoms with Crippen molar-refractivity contribution in [3.63, 3.8) is 0 Å². The van der Waals surface area contributed by atoms with Crippen LogP contribution < -0.4 is 35.0 Å². The number of carbonyl (C=O) groups excluding carboxylic acids is 3. The van der Waals surface area contributed by atoms with Crippen molar-refractivity contribution in [2.75, 3.05) is 26.9 Å². The van der Waals surface area contributed by atoms with Crippen molar-refractivity contribution in [2.45, 2.75) is 33.4 Å². The number of hydrogen-bond donors (Lipinski definition) is 3. The Morgan fingerprint density at radius 1 is 1.02 bits per heavy atom. The third kappa shape index (κ3) is 8.95. The van der Waals surface area contributed by atoms with Gasteiger partial charge in [0.25, 0.3) is 5.91 Å². The molecule has 0 bridgehead atoms. The van der Waals surface area contributed by atoms with E-state index in [4.69, 9.17) is 40.5 Å². The largest absolute Gasteiger partial charge is 0.493 e. The zero-order valence-electron chi connectivity index (χ0n) is 26.7. The predicted octanol–water partition coefficient (Wildman–Crippen LogP) is 4.92. The van der Waals surface area contributed by atoms with Gasteiger partial charge < -0.3 is 34.3 Å². The highest BCUT2D eigenvalue weighted by Gasteiger charge is 2.32. The summed E-state index contributed by atoms with van der Waals surface area (Å²) in [6.07, 6.45) is 1.40. The number of hydrazone groups is 1. The van der Waals surface area contributed by atoms with Gasteiger partial charge >= 0.3 is 12.0 Å². The van der Waals surface area contributed by atoms with Crippen LogP contribution in [0.2, 0.25) is 5.02 Å². The van der Waals surface area contributed by atoms with Crippen molar-refractivity contribution >= 4 is 35.7 Å². The summed E-state index contributed by atoms with van der Waals surface area (Å²) >= 11 is 6.51. The lowest BCUT2D eigenvalue weighted by Gasteiger charge is -2.28. The highest BCUT2D eigenvalue weighted by molar-refractivity contribution is 6.32. The van der Waals surface area contributed by atoms with E-state index in [9.17, 15) is 14.4 Å². The molecular weight excluding hydrogens is 642 g/mol. The summed E-state index contributed by atoms with van der Waals surface area (Å²) in [6, 6.07) is 15.9. The van der Waals surface area contributed by atoms with E-state index >= 15 is 0 Å². The van der Waals surface area contributed by atoms with Crippen LogP contribution in [0.25, 0.3) is 0 Å². The Bertz CT molecular complexity index is 1770.